The third kappa shape index (κ3) is 2.94. The lowest BCUT2D eigenvalue weighted by Crippen LogP contribution is -2.24. The number of hydrogen-bond acceptors (Lipinski definition) is 7. The van der Waals surface area contributed by atoms with E-state index in [1.54, 1.807) is 22.0 Å². The number of rotatable bonds is 5. The van der Waals surface area contributed by atoms with E-state index in [9.17, 15) is 9.59 Å². The summed E-state index contributed by atoms with van der Waals surface area (Å²) in [6.45, 7) is 4.52. The van der Waals surface area contributed by atoms with Crippen LogP contribution in [0.2, 0.25) is 0 Å². The molecule has 0 aliphatic carbocycles. The minimum atomic E-state index is -0.308. The molecule has 0 radical (unpaired) electrons. The van der Waals surface area contributed by atoms with Gasteiger partial charge in [0.1, 0.15) is 10.1 Å². The van der Waals surface area contributed by atoms with Gasteiger partial charge in [-0.25, -0.2) is 4.98 Å². The lowest BCUT2D eigenvalue weighted by Gasteiger charge is -2.12. The zero-order valence-corrected chi connectivity index (χ0v) is 15.6. The molecule has 0 aromatic carbocycles. The van der Waals surface area contributed by atoms with Gasteiger partial charge in [0.05, 0.1) is 12.0 Å². The molecule has 1 aliphatic rings. The molecule has 0 amide bonds. The lowest BCUT2D eigenvalue weighted by molar-refractivity contribution is -0.137. The molecule has 0 N–H and O–H groups in total. The highest BCUT2D eigenvalue weighted by Crippen LogP contribution is 2.35. The van der Waals surface area contributed by atoms with E-state index in [0.717, 1.165) is 10.4 Å². The predicted molar refractivity (Wildman–Crippen MR) is 103 cm³/mol. The van der Waals surface area contributed by atoms with Crippen LogP contribution < -0.4 is 5.56 Å². The van der Waals surface area contributed by atoms with Crippen LogP contribution in [0, 0.1) is 0 Å². The number of cyclic esters (lactones) is 1. The van der Waals surface area contributed by atoms with Crippen molar-refractivity contribution >= 4 is 50.6 Å². The third-order valence-corrected chi connectivity index (χ3v) is 6.90. The van der Waals surface area contributed by atoms with E-state index in [-0.39, 0.29) is 16.8 Å². The van der Waals surface area contributed by atoms with E-state index < -0.39 is 0 Å². The highest BCUT2D eigenvalue weighted by molar-refractivity contribution is 8.00. The SMILES string of the molecule is C=CCn1c(SC2CCOC2=O)nc2scc(-c3cccs3)c2c1=O. The van der Waals surface area contributed by atoms with Crippen molar-refractivity contribution in [3.8, 4) is 10.4 Å². The van der Waals surface area contributed by atoms with Crippen LogP contribution in [0.5, 0.6) is 0 Å². The Morgan fingerprint density at radius 3 is 3.00 bits per heavy atom. The van der Waals surface area contributed by atoms with Crippen molar-refractivity contribution in [1.29, 1.82) is 0 Å². The van der Waals surface area contributed by atoms with Gasteiger partial charge in [-0.15, -0.1) is 29.3 Å². The third-order valence-electron chi connectivity index (χ3n) is 3.89. The van der Waals surface area contributed by atoms with Crippen LogP contribution in [-0.4, -0.2) is 27.4 Å². The van der Waals surface area contributed by atoms with Gasteiger partial charge in [-0.1, -0.05) is 23.9 Å². The molecule has 5 nitrogen and oxygen atoms in total. The molecule has 8 heteroatoms. The number of carbonyl (C=O) groups excluding carboxylic acids is 1. The number of thiophene rings is 2. The molecule has 3 aromatic heterocycles. The van der Waals surface area contributed by atoms with E-state index in [1.165, 1.54) is 23.1 Å². The number of hydrogen-bond donors (Lipinski definition) is 0. The normalized spacial score (nSPS) is 17.1. The summed E-state index contributed by atoms with van der Waals surface area (Å²) in [7, 11) is 0. The number of ether oxygens (including phenoxy) is 1. The summed E-state index contributed by atoms with van der Waals surface area (Å²) in [5.41, 5.74) is 0.825. The van der Waals surface area contributed by atoms with Gasteiger partial charge < -0.3 is 4.74 Å². The van der Waals surface area contributed by atoms with Crippen molar-refractivity contribution in [2.45, 2.75) is 23.4 Å². The van der Waals surface area contributed by atoms with Crippen molar-refractivity contribution in [3.63, 3.8) is 0 Å². The van der Waals surface area contributed by atoms with Crippen molar-refractivity contribution in [2.75, 3.05) is 6.61 Å². The maximum atomic E-state index is 13.1. The summed E-state index contributed by atoms with van der Waals surface area (Å²) in [5.74, 6) is -0.241. The summed E-state index contributed by atoms with van der Waals surface area (Å²) in [6.07, 6.45) is 2.31. The molecular formula is C17H14N2O3S3. The first kappa shape index (κ1) is 16.6. The van der Waals surface area contributed by atoms with Crippen LogP contribution in [0.3, 0.4) is 0 Å². The fourth-order valence-electron chi connectivity index (χ4n) is 2.71. The van der Waals surface area contributed by atoms with E-state index in [2.05, 4.69) is 11.6 Å². The topological polar surface area (TPSA) is 61.2 Å². The molecule has 4 heterocycles. The monoisotopic (exact) mass is 390 g/mol. The molecule has 0 spiro atoms. The van der Waals surface area contributed by atoms with Gasteiger partial charge in [-0.3, -0.25) is 14.2 Å². The standard InChI is InChI=1S/C17H14N2O3S3/c1-2-6-19-15(20)13-10(11-4-3-8-23-11)9-24-14(13)18-17(19)25-12-5-7-22-16(12)21/h2-4,8-9,12H,1,5-7H2. The first-order valence-corrected chi connectivity index (χ1v) is 10.3. The Bertz CT molecular complexity index is 1000. The first-order valence-electron chi connectivity index (χ1n) is 7.69. The number of nitrogens with zero attached hydrogens (tertiary/aromatic N) is 2. The molecule has 1 saturated heterocycles. The molecule has 25 heavy (non-hydrogen) atoms. The zero-order chi connectivity index (χ0) is 17.4. The molecule has 0 bridgehead atoms. The van der Waals surface area contributed by atoms with Crippen molar-refractivity contribution in [3.05, 3.63) is 45.9 Å². The van der Waals surface area contributed by atoms with Crippen LogP contribution in [0.25, 0.3) is 20.7 Å². The maximum absolute atomic E-state index is 13.1. The van der Waals surface area contributed by atoms with Gasteiger partial charge in [0.2, 0.25) is 0 Å². The Morgan fingerprint density at radius 2 is 2.32 bits per heavy atom. The molecule has 128 valence electrons. The Balaban J connectivity index is 1.86. The Morgan fingerprint density at radius 1 is 1.44 bits per heavy atom. The first-order chi connectivity index (χ1) is 12.2. The van der Waals surface area contributed by atoms with Gasteiger partial charge in [0, 0.05) is 28.8 Å². The second-order valence-corrected chi connectivity index (χ2v) is 8.44. The molecule has 0 saturated carbocycles. The molecular weight excluding hydrogens is 376 g/mol. The lowest BCUT2D eigenvalue weighted by atomic mass is 10.2. The fraction of sp³-hybridized carbons (Fsp3) is 0.235. The number of carbonyl (C=O) groups is 1. The van der Waals surface area contributed by atoms with E-state index in [1.807, 2.05) is 22.9 Å². The molecule has 1 atom stereocenters. The summed E-state index contributed by atoms with van der Waals surface area (Å²) >= 11 is 4.35. The van der Waals surface area contributed by atoms with Crippen molar-refractivity contribution in [2.24, 2.45) is 0 Å². The van der Waals surface area contributed by atoms with E-state index in [4.69, 9.17) is 4.74 Å². The van der Waals surface area contributed by atoms with Gasteiger partial charge in [-0.2, -0.15) is 0 Å². The minimum absolute atomic E-state index is 0.0941. The Kier molecular flexibility index (Phi) is 4.49. The molecule has 1 aliphatic heterocycles. The van der Waals surface area contributed by atoms with Crippen LogP contribution in [0.1, 0.15) is 6.42 Å². The summed E-state index contributed by atoms with van der Waals surface area (Å²) in [4.78, 5) is 31.3. The quantitative estimate of drug-likeness (QED) is 0.377. The molecule has 1 fully saturated rings. The van der Waals surface area contributed by atoms with E-state index in [0.29, 0.717) is 34.9 Å². The molecule has 1 unspecified atom stereocenters. The minimum Gasteiger partial charge on any atom is -0.465 e. The number of thioether (sulfide) groups is 1. The average Bonchev–Trinajstić information content (AvgIpc) is 3.32. The largest absolute Gasteiger partial charge is 0.465 e. The second-order valence-electron chi connectivity index (χ2n) is 5.47. The van der Waals surface area contributed by atoms with Crippen LogP contribution in [-0.2, 0) is 16.1 Å². The van der Waals surface area contributed by atoms with Gasteiger partial charge in [0.25, 0.3) is 5.56 Å². The summed E-state index contributed by atoms with van der Waals surface area (Å²) in [5, 5.41) is 4.83. The van der Waals surface area contributed by atoms with Crippen molar-refractivity contribution in [1.82, 2.24) is 9.55 Å². The number of aromatic nitrogens is 2. The van der Waals surface area contributed by atoms with Crippen LogP contribution >= 0.6 is 34.4 Å². The molecule has 4 rings (SSSR count). The van der Waals surface area contributed by atoms with Gasteiger partial charge in [-0.05, 0) is 11.4 Å². The van der Waals surface area contributed by atoms with Crippen LogP contribution in [0.15, 0.2) is 45.5 Å². The highest BCUT2D eigenvalue weighted by Gasteiger charge is 2.30. The predicted octanol–water partition coefficient (Wildman–Crippen LogP) is 3.78. The second kappa shape index (κ2) is 6.78. The smallest absolute Gasteiger partial charge is 0.319 e. The van der Waals surface area contributed by atoms with Crippen molar-refractivity contribution < 1.29 is 9.53 Å². The summed E-state index contributed by atoms with van der Waals surface area (Å²) < 4.78 is 6.61. The van der Waals surface area contributed by atoms with Crippen LogP contribution in [0.4, 0.5) is 0 Å². The average molecular weight is 391 g/mol. The number of allylic oxidation sites excluding steroid dienone is 1. The Hall–Kier alpha value is -1.90. The number of fused-ring (bicyclic) bond motifs is 1. The highest BCUT2D eigenvalue weighted by atomic mass is 32.2. The zero-order valence-electron chi connectivity index (χ0n) is 13.1. The van der Waals surface area contributed by atoms with Gasteiger partial charge >= 0.3 is 5.97 Å². The number of esters is 1. The fourth-order valence-corrected chi connectivity index (χ4v) is 5.58. The van der Waals surface area contributed by atoms with E-state index >= 15 is 0 Å². The molecule has 3 aromatic rings. The van der Waals surface area contributed by atoms with Gasteiger partial charge in [0.15, 0.2) is 5.16 Å². The maximum Gasteiger partial charge on any atom is 0.319 e. The summed E-state index contributed by atoms with van der Waals surface area (Å²) in [6, 6.07) is 3.97. The Labute approximate surface area is 156 Å².